The maximum atomic E-state index is 13.5. The Balaban J connectivity index is 1.14. The van der Waals surface area contributed by atoms with E-state index in [0.717, 1.165) is 54.1 Å². The van der Waals surface area contributed by atoms with Gasteiger partial charge in [-0.3, -0.25) is 9.69 Å². The van der Waals surface area contributed by atoms with Crippen molar-refractivity contribution in [3.8, 4) is 17.3 Å². The number of benzene rings is 1. The number of anilines is 3. The molecule has 4 aromatic rings. The number of aryl methyl sites for hydroxylation is 1. The van der Waals surface area contributed by atoms with E-state index in [4.69, 9.17) is 15.1 Å². The lowest BCUT2D eigenvalue weighted by atomic mass is 10.1. The first-order valence-electron chi connectivity index (χ1n) is 14.0. The Hall–Kier alpha value is -3.64. The highest BCUT2D eigenvalue weighted by atomic mass is 32.1. The fourth-order valence-electron chi connectivity index (χ4n) is 5.86. The summed E-state index contributed by atoms with van der Waals surface area (Å²) in [5.74, 6) is 0.561. The summed E-state index contributed by atoms with van der Waals surface area (Å²) in [5, 5.41) is 25.9. The Morgan fingerprint density at radius 3 is 2.64 bits per heavy atom. The molecular weight excluding hydrogens is 578 g/mol. The van der Waals surface area contributed by atoms with E-state index >= 15 is 0 Å². The van der Waals surface area contributed by atoms with Gasteiger partial charge in [-0.05, 0) is 43.5 Å². The summed E-state index contributed by atoms with van der Waals surface area (Å²) in [4.78, 5) is 31.9. The number of likely N-dealkylation sites (tertiary alicyclic amines) is 1. The zero-order chi connectivity index (χ0) is 29.2. The van der Waals surface area contributed by atoms with Gasteiger partial charge in [0.25, 0.3) is 0 Å². The van der Waals surface area contributed by atoms with Crippen LogP contribution >= 0.6 is 22.7 Å². The van der Waals surface area contributed by atoms with Crippen LogP contribution < -0.4 is 9.80 Å². The van der Waals surface area contributed by atoms with Crippen molar-refractivity contribution in [1.82, 2.24) is 29.4 Å². The van der Waals surface area contributed by atoms with Gasteiger partial charge in [0.2, 0.25) is 16.0 Å². The van der Waals surface area contributed by atoms with Crippen LogP contribution in [-0.4, -0.2) is 98.4 Å². The van der Waals surface area contributed by atoms with Crippen molar-refractivity contribution in [2.75, 3.05) is 56.1 Å². The van der Waals surface area contributed by atoms with Crippen LogP contribution in [0.1, 0.15) is 30.3 Å². The summed E-state index contributed by atoms with van der Waals surface area (Å²) in [6.07, 6.45) is 2.42. The topological polar surface area (TPSA) is 117 Å². The third-order valence-corrected chi connectivity index (χ3v) is 10.5. The lowest BCUT2D eigenvalue weighted by Crippen LogP contribution is -2.60. The number of nitriles is 1. The van der Waals surface area contributed by atoms with Gasteiger partial charge in [0.15, 0.2) is 10.9 Å². The third-order valence-electron chi connectivity index (χ3n) is 8.45. The number of piperazine rings is 1. The van der Waals surface area contributed by atoms with Crippen LogP contribution in [0.2, 0.25) is 0 Å². The number of nitrogens with zero attached hydrogens (tertiary/aromatic N) is 9. The predicted molar refractivity (Wildman–Crippen MR) is 159 cm³/mol. The molecule has 5 heterocycles. The highest BCUT2D eigenvalue weighted by Gasteiger charge is 2.52. The van der Waals surface area contributed by atoms with Crippen LogP contribution in [0, 0.1) is 17.1 Å². The van der Waals surface area contributed by atoms with Gasteiger partial charge in [-0.15, -0.1) is 5.10 Å². The van der Waals surface area contributed by atoms with Crippen molar-refractivity contribution in [2.45, 2.75) is 37.8 Å². The summed E-state index contributed by atoms with van der Waals surface area (Å²) in [6, 6.07) is 8.24. The van der Waals surface area contributed by atoms with Crippen molar-refractivity contribution >= 4 is 49.6 Å². The lowest BCUT2D eigenvalue weighted by molar-refractivity contribution is -0.143. The second kappa shape index (κ2) is 10.3. The molecule has 0 bridgehead atoms. The number of carbonyl (C=O) groups is 1. The summed E-state index contributed by atoms with van der Waals surface area (Å²) in [5.41, 5.74) is 2.09. The molecule has 1 spiro atoms. The van der Waals surface area contributed by atoms with Gasteiger partial charge in [0, 0.05) is 50.9 Å². The molecule has 3 aromatic heterocycles. The second-order valence-electron chi connectivity index (χ2n) is 11.2. The van der Waals surface area contributed by atoms with E-state index in [1.54, 1.807) is 28.4 Å². The van der Waals surface area contributed by atoms with Crippen molar-refractivity contribution in [1.29, 1.82) is 5.26 Å². The molecule has 7 rings (SSSR count). The number of thiazole rings is 1. The summed E-state index contributed by atoms with van der Waals surface area (Å²) < 4.78 is 15.4. The number of amides is 1. The Bertz CT molecular complexity index is 1700. The maximum Gasteiger partial charge on any atom is 0.236 e. The number of halogens is 1. The van der Waals surface area contributed by atoms with Gasteiger partial charge < -0.3 is 19.8 Å². The average Bonchev–Trinajstić information content (AvgIpc) is 3.30. The molecular formula is C28H30FN9O2S2. The van der Waals surface area contributed by atoms with Gasteiger partial charge >= 0.3 is 0 Å². The minimum Gasteiger partial charge on any atom is -0.389 e. The molecule has 14 heteroatoms. The molecule has 0 atom stereocenters. The van der Waals surface area contributed by atoms with Crippen LogP contribution in [0.3, 0.4) is 0 Å². The quantitative estimate of drug-likeness (QED) is 0.338. The monoisotopic (exact) mass is 607 g/mol. The van der Waals surface area contributed by atoms with Crippen molar-refractivity contribution in [3.63, 3.8) is 0 Å². The number of hydrogen-bond acceptors (Lipinski definition) is 11. The minimum atomic E-state index is -0.387. The normalized spacial score (nSPS) is 18.5. The van der Waals surface area contributed by atoms with Crippen molar-refractivity contribution < 1.29 is 14.3 Å². The molecule has 11 nitrogen and oxygen atoms in total. The molecule has 1 aromatic carbocycles. The van der Waals surface area contributed by atoms with Crippen LogP contribution in [-0.2, 0) is 11.2 Å². The molecule has 2 aliphatic heterocycles. The molecule has 3 fully saturated rings. The molecule has 3 aliphatic rings. The molecule has 42 heavy (non-hydrogen) atoms. The molecule has 1 N–H and O–H groups in total. The minimum absolute atomic E-state index is 0.00923. The van der Waals surface area contributed by atoms with E-state index in [0.29, 0.717) is 47.3 Å². The van der Waals surface area contributed by atoms with Crippen LogP contribution in [0.25, 0.3) is 16.2 Å². The molecule has 218 valence electrons. The fraction of sp³-hybridized carbons (Fsp3) is 0.464. The van der Waals surface area contributed by atoms with Gasteiger partial charge in [-0.2, -0.15) is 9.78 Å². The molecule has 0 radical (unpaired) electrons. The van der Waals surface area contributed by atoms with Crippen LogP contribution in [0.5, 0.6) is 0 Å². The number of aromatic nitrogens is 4. The van der Waals surface area contributed by atoms with E-state index in [2.05, 4.69) is 22.8 Å². The van der Waals surface area contributed by atoms with Gasteiger partial charge in [0.05, 0.1) is 18.3 Å². The first-order valence-corrected chi connectivity index (χ1v) is 15.7. The Kier molecular flexibility index (Phi) is 6.65. The van der Waals surface area contributed by atoms with E-state index < -0.39 is 0 Å². The zero-order valence-corrected chi connectivity index (χ0v) is 25.0. The second-order valence-corrected chi connectivity index (χ2v) is 13.1. The van der Waals surface area contributed by atoms with Gasteiger partial charge in [-0.25, -0.2) is 14.4 Å². The van der Waals surface area contributed by atoms with Gasteiger partial charge in [0.1, 0.15) is 22.5 Å². The molecule has 2 saturated heterocycles. The third kappa shape index (κ3) is 4.60. The van der Waals surface area contributed by atoms with E-state index in [9.17, 15) is 19.6 Å². The number of imidazole rings is 1. The highest BCUT2D eigenvalue weighted by molar-refractivity contribution is 7.20. The number of rotatable bonds is 7. The van der Waals surface area contributed by atoms with E-state index in [1.165, 1.54) is 23.5 Å². The SMILES string of the molecule is CCc1nc2sc(N3CCN(CC(=O)N4CC(O)C4)C4(CC4)C3)nn2c1N(C)c1nc(-c2ccc(F)cc2)c(C#N)s1. The Labute approximate surface area is 250 Å². The standard InChI is InChI=1S/C28H30FN9O2S2/c1-3-20-24(34(2)25-32-23(21(12-30)41-25)17-4-6-18(29)7-5-17)38-26(31-20)42-27(33-38)35-10-11-37(28(16-35)8-9-28)15-22(40)36-13-19(39)14-36/h4-7,19,39H,3,8-11,13-16H2,1-2H3. The number of β-amino-alcohol motifs (C(OH)–C–C–N with tert-alkyl or cyclic N) is 1. The largest absolute Gasteiger partial charge is 0.389 e. The van der Waals surface area contributed by atoms with E-state index in [-0.39, 0.29) is 23.4 Å². The first-order chi connectivity index (χ1) is 20.3. The Morgan fingerprint density at radius 2 is 1.98 bits per heavy atom. The number of fused-ring (bicyclic) bond motifs is 1. The molecule has 0 unspecified atom stereocenters. The summed E-state index contributed by atoms with van der Waals surface area (Å²) in [6.45, 7) is 5.68. The Morgan fingerprint density at radius 1 is 1.21 bits per heavy atom. The smallest absolute Gasteiger partial charge is 0.236 e. The average molecular weight is 608 g/mol. The van der Waals surface area contributed by atoms with Crippen LogP contribution in [0.15, 0.2) is 24.3 Å². The van der Waals surface area contributed by atoms with Crippen molar-refractivity contribution in [2.24, 2.45) is 0 Å². The predicted octanol–water partition coefficient (Wildman–Crippen LogP) is 3.11. The molecule has 1 saturated carbocycles. The zero-order valence-electron chi connectivity index (χ0n) is 23.3. The maximum absolute atomic E-state index is 13.5. The number of aliphatic hydroxyl groups excluding tert-OH is 1. The van der Waals surface area contributed by atoms with Crippen LogP contribution in [0.4, 0.5) is 20.5 Å². The number of hydrogen-bond donors (Lipinski definition) is 1. The summed E-state index contributed by atoms with van der Waals surface area (Å²) >= 11 is 2.84. The first kappa shape index (κ1) is 27.2. The summed E-state index contributed by atoms with van der Waals surface area (Å²) in [7, 11) is 1.90. The number of carbonyl (C=O) groups excluding carboxylic acids is 1. The lowest BCUT2D eigenvalue weighted by Gasteiger charge is -2.43. The van der Waals surface area contributed by atoms with E-state index in [1.807, 2.05) is 16.5 Å². The molecule has 1 aliphatic carbocycles. The number of aliphatic hydroxyl groups is 1. The fourth-order valence-corrected chi connectivity index (χ4v) is 7.65. The van der Waals surface area contributed by atoms with Gasteiger partial charge in [-0.1, -0.05) is 29.6 Å². The van der Waals surface area contributed by atoms with Crippen molar-refractivity contribution in [3.05, 3.63) is 40.7 Å². The molecule has 1 amide bonds. The highest BCUT2D eigenvalue weighted by Crippen LogP contribution is 2.46.